The summed E-state index contributed by atoms with van der Waals surface area (Å²) in [5, 5.41) is 0. The van der Waals surface area contributed by atoms with Crippen molar-refractivity contribution in [1.29, 1.82) is 0 Å². The van der Waals surface area contributed by atoms with Gasteiger partial charge in [0.15, 0.2) is 0 Å². The Hall–Kier alpha value is 0.720. The summed E-state index contributed by atoms with van der Waals surface area (Å²) in [4.78, 5) is 0. The zero-order valence-corrected chi connectivity index (χ0v) is 6.72. The molecule has 0 radical (unpaired) electrons. The molecule has 0 aliphatic rings. The standard InChI is InChI=1S/C4H13P.ClH/c1-5(2,3)4;/h5H,1-4H3;1H. The molecule has 0 bridgehead atoms. The normalized spacial score (nSPS) is 12.7. The van der Waals surface area contributed by atoms with E-state index in [1.807, 2.05) is 0 Å². The first-order valence-corrected chi connectivity index (χ1v) is 6.00. The van der Waals surface area contributed by atoms with Crippen LogP contribution in [0.15, 0.2) is 0 Å². The summed E-state index contributed by atoms with van der Waals surface area (Å²) in [5.41, 5.74) is 0. The minimum Gasteiger partial charge on any atom is -0.147 e. The van der Waals surface area contributed by atoms with Crippen molar-refractivity contribution in [3.8, 4) is 0 Å². The van der Waals surface area contributed by atoms with Crippen molar-refractivity contribution >= 4 is 19.7 Å². The first kappa shape index (κ1) is 9.87. The van der Waals surface area contributed by atoms with Gasteiger partial charge in [-0.2, -0.15) is 0 Å². The molecule has 0 aromatic carbocycles. The van der Waals surface area contributed by atoms with Crippen molar-refractivity contribution in [3.63, 3.8) is 0 Å². The molecule has 0 saturated carbocycles. The monoisotopic (exact) mass is 128 g/mol. The predicted molar refractivity (Wildman–Crippen MR) is 39.3 cm³/mol. The van der Waals surface area contributed by atoms with Crippen molar-refractivity contribution in [2.45, 2.75) is 0 Å². The quantitative estimate of drug-likeness (QED) is 0.436. The van der Waals surface area contributed by atoms with E-state index < -0.39 is 7.26 Å². The van der Waals surface area contributed by atoms with Crippen LogP contribution in [0.25, 0.3) is 0 Å². The average molecular weight is 129 g/mol. The third kappa shape index (κ3) is 126. The first-order valence-electron chi connectivity index (χ1n) is 2.00. The fraction of sp³-hybridized carbons (Fsp3) is 1.00. The molecule has 0 heterocycles. The van der Waals surface area contributed by atoms with Crippen LogP contribution in [-0.4, -0.2) is 26.7 Å². The summed E-state index contributed by atoms with van der Waals surface area (Å²) in [6.07, 6.45) is 0. The largest absolute Gasteiger partial charge is 0.147 e. The van der Waals surface area contributed by atoms with E-state index in [0.29, 0.717) is 0 Å². The number of hydrogen-bond donors (Lipinski definition) is 0. The molecule has 0 N–H and O–H groups in total. The summed E-state index contributed by atoms with van der Waals surface area (Å²) >= 11 is 0. The molecule has 0 saturated heterocycles. The Kier molecular flexibility index (Phi) is 4.64. The van der Waals surface area contributed by atoms with Gasteiger partial charge in [0.05, 0.1) is 0 Å². The molecular weight excluding hydrogens is 114 g/mol. The molecule has 0 aromatic rings. The minimum absolute atomic E-state index is 0. The Morgan fingerprint density at radius 2 is 0.833 bits per heavy atom. The topological polar surface area (TPSA) is 0 Å². The zero-order valence-electron chi connectivity index (χ0n) is 4.91. The molecule has 0 amide bonds. The van der Waals surface area contributed by atoms with Gasteiger partial charge in [-0.05, 0) is 0 Å². The van der Waals surface area contributed by atoms with Gasteiger partial charge in [0.25, 0.3) is 0 Å². The van der Waals surface area contributed by atoms with Gasteiger partial charge in [-0.1, -0.05) is 0 Å². The molecule has 0 aliphatic heterocycles. The van der Waals surface area contributed by atoms with E-state index in [-0.39, 0.29) is 12.4 Å². The molecule has 0 aliphatic carbocycles. The molecular formula is C4H14ClP. The number of halogens is 1. The summed E-state index contributed by atoms with van der Waals surface area (Å²) < 4.78 is 0. The van der Waals surface area contributed by atoms with Crippen molar-refractivity contribution in [2.75, 3.05) is 26.7 Å². The van der Waals surface area contributed by atoms with Crippen molar-refractivity contribution in [2.24, 2.45) is 0 Å². The molecule has 0 nitrogen and oxygen atoms in total. The van der Waals surface area contributed by atoms with Crippen LogP contribution in [0.4, 0.5) is 0 Å². The van der Waals surface area contributed by atoms with Crippen LogP contribution in [0.2, 0.25) is 0 Å². The maximum absolute atomic E-state index is 2.33. The van der Waals surface area contributed by atoms with Gasteiger partial charge in [-0.25, -0.2) is 0 Å². The maximum Gasteiger partial charge on any atom is -0.147 e. The van der Waals surface area contributed by atoms with Crippen LogP contribution in [0, 0.1) is 0 Å². The smallest absolute Gasteiger partial charge is 0.147 e. The van der Waals surface area contributed by atoms with E-state index in [1.165, 1.54) is 0 Å². The molecule has 42 valence electrons. The Labute approximate surface area is 47.1 Å². The van der Waals surface area contributed by atoms with E-state index in [9.17, 15) is 0 Å². The zero-order chi connectivity index (χ0) is 4.50. The molecule has 0 aromatic heterocycles. The Morgan fingerprint density at radius 1 is 0.833 bits per heavy atom. The van der Waals surface area contributed by atoms with E-state index in [0.717, 1.165) is 0 Å². The number of hydrogen-bond acceptors (Lipinski definition) is 0. The van der Waals surface area contributed by atoms with Crippen molar-refractivity contribution in [3.05, 3.63) is 0 Å². The predicted octanol–water partition coefficient (Wildman–Crippen LogP) is 1.68. The summed E-state index contributed by atoms with van der Waals surface area (Å²) in [7, 11) is -0.611. The van der Waals surface area contributed by atoms with E-state index >= 15 is 0 Å². The fourth-order valence-corrected chi connectivity index (χ4v) is 0. The Morgan fingerprint density at radius 3 is 0.833 bits per heavy atom. The van der Waals surface area contributed by atoms with E-state index in [1.54, 1.807) is 0 Å². The maximum atomic E-state index is 2.33. The molecule has 0 spiro atoms. The van der Waals surface area contributed by atoms with Crippen LogP contribution in [-0.2, 0) is 0 Å². The fourth-order valence-electron chi connectivity index (χ4n) is 0. The third-order valence-electron chi connectivity index (χ3n) is 0. The second kappa shape index (κ2) is 2.82. The van der Waals surface area contributed by atoms with Crippen LogP contribution < -0.4 is 0 Å². The first-order chi connectivity index (χ1) is 2.00. The second-order valence-corrected chi connectivity index (χ2v) is 9.00. The molecule has 0 rings (SSSR count). The van der Waals surface area contributed by atoms with Crippen LogP contribution in [0.3, 0.4) is 0 Å². The second-order valence-electron chi connectivity index (χ2n) is 3.00. The molecule has 0 atom stereocenters. The van der Waals surface area contributed by atoms with Gasteiger partial charge >= 0.3 is 33.9 Å². The van der Waals surface area contributed by atoms with Crippen molar-refractivity contribution < 1.29 is 0 Å². The van der Waals surface area contributed by atoms with Crippen LogP contribution in [0.5, 0.6) is 0 Å². The van der Waals surface area contributed by atoms with Crippen LogP contribution in [0.1, 0.15) is 0 Å². The summed E-state index contributed by atoms with van der Waals surface area (Å²) in [6.45, 7) is 9.31. The third-order valence-corrected chi connectivity index (χ3v) is 0. The van der Waals surface area contributed by atoms with Gasteiger partial charge in [0.2, 0.25) is 0 Å². The SMILES string of the molecule is C[PH](C)(C)C.Cl. The Balaban J connectivity index is 0. The van der Waals surface area contributed by atoms with Crippen LogP contribution >= 0.6 is 19.7 Å². The van der Waals surface area contributed by atoms with Gasteiger partial charge < -0.3 is 0 Å². The minimum atomic E-state index is -0.611. The molecule has 2 heteroatoms. The van der Waals surface area contributed by atoms with E-state index in [2.05, 4.69) is 26.7 Å². The van der Waals surface area contributed by atoms with E-state index in [4.69, 9.17) is 0 Å². The molecule has 0 unspecified atom stereocenters. The molecule has 0 fully saturated rings. The van der Waals surface area contributed by atoms with Gasteiger partial charge in [-0.15, -0.1) is 12.4 Å². The van der Waals surface area contributed by atoms with Gasteiger partial charge in [-0.3, -0.25) is 0 Å². The summed E-state index contributed by atoms with van der Waals surface area (Å²) in [5.74, 6) is 0. The van der Waals surface area contributed by atoms with Gasteiger partial charge in [0.1, 0.15) is 0 Å². The molecule has 6 heavy (non-hydrogen) atoms. The van der Waals surface area contributed by atoms with Gasteiger partial charge in [0, 0.05) is 0 Å². The Bertz CT molecular complexity index is 23.0. The summed E-state index contributed by atoms with van der Waals surface area (Å²) in [6, 6.07) is 0. The number of rotatable bonds is 0. The average Bonchev–Trinajstić information content (AvgIpc) is 0.722. The van der Waals surface area contributed by atoms with Crippen molar-refractivity contribution in [1.82, 2.24) is 0 Å².